The standard InChI is InChI=1S/C18H16F4N4O/c19-17(9-24-10-17)6-12-3-1-11(2-4-12)5-14(23)15(27)13-7-25-16(26-8-13)18(20,21)22/h1-4,7-8,23-24H,5-6,9-10H2. The number of rotatable bonds is 6. The van der Waals surface area contributed by atoms with Crippen molar-refractivity contribution in [2.45, 2.75) is 24.7 Å². The van der Waals surface area contributed by atoms with Gasteiger partial charge in [0, 0.05) is 38.3 Å². The van der Waals surface area contributed by atoms with Crippen LogP contribution in [-0.2, 0) is 19.0 Å². The highest BCUT2D eigenvalue weighted by molar-refractivity contribution is 6.45. The van der Waals surface area contributed by atoms with Crippen LogP contribution < -0.4 is 5.32 Å². The summed E-state index contributed by atoms with van der Waals surface area (Å²) in [5, 5.41) is 10.8. The Morgan fingerprint density at radius 3 is 2.15 bits per heavy atom. The molecule has 1 aliphatic rings. The van der Waals surface area contributed by atoms with Gasteiger partial charge in [0.15, 0.2) is 0 Å². The molecule has 0 unspecified atom stereocenters. The quantitative estimate of drug-likeness (QED) is 0.459. The summed E-state index contributed by atoms with van der Waals surface area (Å²) >= 11 is 0. The fourth-order valence-electron chi connectivity index (χ4n) is 2.71. The molecule has 5 nitrogen and oxygen atoms in total. The fourth-order valence-corrected chi connectivity index (χ4v) is 2.71. The second-order valence-electron chi connectivity index (χ2n) is 6.53. The normalized spacial score (nSPS) is 15.9. The summed E-state index contributed by atoms with van der Waals surface area (Å²) in [7, 11) is 0. The van der Waals surface area contributed by atoms with Gasteiger partial charge in [-0.2, -0.15) is 13.2 Å². The van der Waals surface area contributed by atoms with Crippen molar-refractivity contribution >= 4 is 11.5 Å². The predicted octanol–water partition coefficient (Wildman–Crippen LogP) is 2.79. The number of aromatic nitrogens is 2. The zero-order chi connectivity index (χ0) is 19.7. The van der Waals surface area contributed by atoms with Crippen molar-refractivity contribution in [1.82, 2.24) is 15.3 Å². The number of ketones is 1. The zero-order valence-electron chi connectivity index (χ0n) is 14.1. The van der Waals surface area contributed by atoms with Crippen LogP contribution in [0, 0.1) is 5.41 Å². The molecule has 0 spiro atoms. The highest BCUT2D eigenvalue weighted by Gasteiger charge is 2.37. The molecule has 0 radical (unpaired) electrons. The summed E-state index contributed by atoms with van der Waals surface area (Å²) in [6.45, 7) is 0.645. The summed E-state index contributed by atoms with van der Waals surface area (Å²) in [6, 6.07) is 6.90. The Hall–Kier alpha value is -2.68. The number of halogens is 4. The van der Waals surface area contributed by atoms with Crippen LogP contribution in [-0.4, -0.2) is 40.2 Å². The number of hydrogen-bond donors (Lipinski definition) is 2. The van der Waals surface area contributed by atoms with Crippen molar-refractivity contribution in [3.63, 3.8) is 0 Å². The Labute approximate surface area is 152 Å². The van der Waals surface area contributed by atoms with E-state index in [-0.39, 0.29) is 17.7 Å². The Balaban J connectivity index is 1.61. The van der Waals surface area contributed by atoms with E-state index in [1.165, 1.54) is 0 Å². The molecule has 1 aromatic carbocycles. The number of nitrogens with one attached hydrogen (secondary N) is 2. The van der Waals surface area contributed by atoms with Crippen molar-refractivity contribution < 1.29 is 22.4 Å². The number of benzene rings is 1. The van der Waals surface area contributed by atoms with Crippen LogP contribution in [0.4, 0.5) is 17.6 Å². The molecule has 1 aliphatic heterocycles. The third-order valence-electron chi connectivity index (χ3n) is 4.25. The van der Waals surface area contributed by atoms with Gasteiger partial charge in [-0.3, -0.25) is 4.79 Å². The van der Waals surface area contributed by atoms with Crippen LogP contribution in [0.1, 0.15) is 27.3 Å². The Morgan fingerprint density at radius 2 is 1.67 bits per heavy atom. The first-order valence-electron chi connectivity index (χ1n) is 8.15. The number of carbonyl (C=O) groups is 1. The highest BCUT2D eigenvalue weighted by atomic mass is 19.4. The summed E-state index contributed by atoms with van der Waals surface area (Å²) in [5.41, 5.74) is -0.216. The monoisotopic (exact) mass is 380 g/mol. The van der Waals surface area contributed by atoms with Crippen LogP contribution in [0.3, 0.4) is 0 Å². The summed E-state index contributed by atoms with van der Waals surface area (Å²) in [5.74, 6) is -2.08. The molecular weight excluding hydrogens is 364 g/mol. The number of Topliss-reactive ketones (excluding diaryl/α,β-unsaturated/α-hetero) is 1. The van der Waals surface area contributed by atoms with Gasteiger partial charge in [-0.25, -0.2) is 14.4 Å². The summed E-state index contributed by atoms with van der Waals surface area (Å²) in [4.78, 5) is 18.4. The molecule has 142 valence electrons. The lowest BCUT2D eigenvalue weighted by Gasteiger charge is -2.35. The molecule has 2 N–H and O–H groups in total. The maximum atomic E-state index is 14.1. The largest absolute Gasteiger partial charge is 0.451 e. The summed E-state index contributed by atoms with van der Waals surface area (Å²) in [6.07, 6.45) is -2.86. The third-order valence-corrected chi connectivity index (χ3v) is 4.25. The molecular formula is C18H16F4N4O. The molecule has 0 aliphatic carbocycles. The van der Waals surface area contributed by atoms with Crippen LogP contribution in [0.25, 0.3) is 0 Å². The molecule has 2 heterocycles. The Morgan fingerprint density at radius 1 is 1.11 bits per heavy atom. The minimum absolute atomic E-state index is 0.00244. The molecule has 3 rings (SSSR count). The maximum absolute atomic E-state index is 14.1. The van der Waals surface area contributed by atoms with E-state index in [0.29, 0.717) is 25.1 Å². The SMILES string of the molecule is N=C(Cc1ccc(CC2(F)CNC2)cc1)C(=O)c1cnc(C(F)(F)F)nc1. The molecule has 0 amide bonds. The van der Waals surface area contributed by atoms with E-state index in [1.807, 2.05) is 0 Å². The van der Waals surface area contributed by atoms with E-state index < -0.39 is 23.5 Å². The van der Waals surface area contributed by atoms with Gasteiger partial charge in [0.25, 0.3) is 0 Å². The average molecular weight is 380 g/mol. The topological polar surface area (TPSA) is 78.7 Å². The van der Waals surface area contributed by atoms with E-state index >= 15 is 0 Å². The summed E-state index contributed by atoms with van der Waals surface area (Å²) < 4.78 is 51.4. The minimum Gasteiger partial charge on any atom is -0.310 e. The zero-order valence-corrected chi connectivity index (χ0v) is 14.1. The first kappa shape index (κ1) is 19.1. The second kappa shape index (κ2) is 7.15. The van der Waals surface area contributed by atoms with Crippen molar-refractivity contribution in [3.8, 4) is 0 Å². The lowest BCUT2D eigenvalue weighted by atomic mass is 9.90. The van der Waals surface area contributed by atoms with Crippen molar-refractivity contribution in [3.05, 3.63) is 59.2 Å². The van der Waals surface area contributed by atoms with Crippen molar-refractivity contribution in [2.24, 2.45) is 0 Å². The second-order valence-corrected chi connectivity index (χ2v) is 6.53. The Bertz CT molecular complexity index is 843. The number of carbonyl (C=O) groups excluding carboxylic acids is 1. The van der Waals surface area contributed by atoms with Gasteiger partial charge in [0.05, 0.1) is 11.3 Å². The van der Waals surface area contributed by atoms with E-state index in [2.05, 4.69) is 15.3 Å². The van der Waals surface area contributed by atoms with Crippen molar-refractivity contribution in [2.75, 3.05) is 13.1 Å². The van der Waals surface area contributed by atoms with Gasteiger partial charge >= 0.3 is 6.18 Å². The van der Waals surface area contributed by atoms with Crippen LogP contribution in [0.2, 0.25) is 0 Å². The molecule has 1 saturated heterocycles. The molecule has 1 aromatic heterocycles. The third kappa shape index (κ3) is 4.54. The first-order chi connectivity index (χ1) is 12.7. The van der Waals surface area contributed by atoms with E-state index in [0.717, 1.165) is 18.0 Å². The van der Waals surface area contributed by atoms with Gasteiger partial charge in [0.2, 0.25) is 11.6 Å². The number of alkyl halides is 4. The van der Waals surface area contributed by atoms with E-state index in [9.17, 15) is 22.4 Å². The lowest BCUT2D eigenvalue weighted by Crippen LogP contribution is -2.57. The van der Waals surface area contributed by atoms with Gasteiger partial charge in [-0.1, -0.05) is 24.3 Å². The smallest absolute Gasteiger partial charge is 0.310 e. The highest BCUT2D eigenvalue weighted by Crippen LogP contribution is 2.25. The minimum atomic E-state index is -4.69. The van der Waals surface area contributed by atoms with E-state index in [1.54, 1.807) is 24.3 Å². The molecule has 0 saturated carbocycles. The van der Waals surface area contributed by atoms with Gasteiger partial charge in [-0.15, -0.1) is 0 Å². The average Bonchev–Trinajstić information content (AvgIpc) is 2.60. The number of hydrogen-bond acceptors (Lipinski definition) is 5. The van der Waals surface area contributed by atoms with Crippen molar-refractivity contribution in [1.29, 1.82) is 5.41 Å². The predicted molar refractivity (Wildman–Crippen MR) is 89.6 cm³/mol. The molecule has 1 fully saturated rings. The molecule has 0 atom stereocenters. The first-order valence-corrected chi connectivity index (χ1v) is 8.15. The molecule has 27 heavy (non-hydrogen) atoms. The van der Waals surface area contributed by atoms with Gasteiger partial charge < -0.3 is 10.7 Å². The van der Waals surface area contributed by atoms with E-state index in [4.69, 9.17) is 5.41 Å². The van der Waals surface area contributed by atoms with Crippen LogP contribution in [0.15, 0.2) is 36.7 Å². The Kier molecular flexibility index (Phi) is 5.05. The molecule has 2 aromatic rings. The van der Waals surface area contributed by atoms with Gasteiger partial charge in [-0.05, 0) is 11.1 Å². The lowest BCUT2D eigenvalue weighted by molar-refractivity contribution is -0.145. The number of nitrogens with zero attached hydrogens (tertiary/aromatic N) is 2. The van der Waals surface area contributed by atoms with Gasteiger partial charge in [0.1, 0.15) is 5.67 Å². The van der Waals surface area contributed by atoms with Crippen LogP contribution in [0.5, 0.6) is 0 Å². The maximum Gasteiger partial charge on any atom is 0.451 e. The van der Waals surface area contributed by atoms with Crippen LogP contribution >= 0.6 is 0 Å². The fraction of sp³-hybridized carbons (Fsp3) is 0.333. The molecule has 9 heteroatoms. The molecule has 0 bridgehead atoms.